The monoisotopic (exact) mass is 281 g/mol. The van der Waals surface area contributed by atoms with Crippen molar-refractivity contribution < 1.29 is 26.3 Å². The van der Waals surface area contributed by atoms with Crippen LogP contribution in [0.3, 0.4) is 0 Å². The molecule has 0 aliphatic heterocycles. The number of alkyl halides is 5. The van der Waals surface area contributed by atoms with Crippen molar-refractivity contribution in [2.45, 2.75) is 12.2 Å². The van der Waals surface area contributed by atoms with Crippen LogP contribution in [-0.4, -0.2) is 21.2 Å². The Labute approximate surface area is 102 Å². The minimum absolute atomic E-state index is 0.172. The van der Waals surface area contributed by atoms with Gasteiger partial charge in [0, 0.05) is 5.56 Å². The van der Waals surface area contributed by atoms with Crippen LogP contribution in [0.2, 0.25) is 0 Å². The maximum Gasteiger partial charge on any atom is 0.477 e. The molecule has 19 heavy (non-hydrogen) atoms. The Kier molecular flexibility index (Phi) is 2.99. The lowest BCUT2D eigenvalue weighted by Crippen LogP contribution is -2.40. The third-order valence-electron chi connectivity index (χ3n) is 2.26. The first kappa shape index (κ1) is 13.4. The molecule has 0 bridgehead atoms. The van der Waals surface area contributed by atoms with Gasteiger partial charge in [-0.1, -0.05) is 5.21 Å². The first-order valence-corrected chi connectivity index (χ1v) is 4.85. The van der Waals surface area contributed by atoms with Crippen LogP contribution in [0, 0.1) is 5.82 Å². The Hall–Kier alpha value is -2.06. The highest BCUT2D eigenvalue weighted by atomic mass is 19.4. The van der Waals surface area contributed by atoms with E-state index >= 15 is 0 Å². The maximum absolute atomic E-state index is 12.9. The van der Waals surface area contributed by atoms with E-state index in [-0.39, 0.29) is 11.3 Å². The molecule has 3 nitrogen and oxygen atoms in total. The largest absolute Gasteiger partial charge is 0.477 e. The molecule has 1 aromatic carbocycles. The quantitative estimate of drug-likeness (QED) is 0.791. The summed E-state index contributed by atoms with van der Waals surface area (Å²) < 4.78 is 74.2. The molecule has 0 saturated heterocycles. The minimum atomic E-state index is -5.78. The molecular weight excluding hydrogens is 276 g/mol. The third kappa shape index (κ3) is 2.40. The van der Waals surface area contributed by atoms with Crippen LogP contribution >= 0.6 is 0 Å². The lowest BCUT2D eigenvalue weighted by Gasteiger charge is -2.18. The zero-order valence-electron chi connectivity index (χ0n) is 9.00. The summed E-state index contributed by atoms with van der Waals surface area (Å²) in [6.45, 7) is 0. The van der Waals surface area contributed by atoms with E-state index in [0.717, 1.165) is 12.1 Å². The van der Waals surface area contributed by atoms with Gasteiger partial charge < -0.3 is 0 Å². The van der Waals surface area contributed by atoms with Gasteiger partial charge in [0.05, 0.1) is 6.20 Å². The number of rotatable bonds is 2. The summed E-state index contributed by atoms with van der Waals surface area (Å²) >= 11 is 0. The van der Waals surface area contributed by atoms with E-state index in [9.17, 15) is 26.3 Å². The zero-order valence-corrected chi connectivity index (χ0v) is 9.00. The average molecular weight is 281 g/mol. The van der Waals surface area contributed by atoms with E-state index in [2.05, 4.69) is 10.3 Å². The van der Waals surface area contributed by atoms with E-state index < -0.39 is 22.7 Å². The van der Waals surface area contributed by atoms with Crippen LogP contribution in [-0.2, 0) is 6.05 Å². The van der Waals surface area contributed by atoms with Crippen molar-refractivity contribution in [1.82, 2.24) is 15.0 Å². The first-order valence-electron chi connectivity index (χ1n) is 4.85. The molecule has 1 heterocycles. The molecule has 2 rings (SSSR count). The average Bonchev–Trinajstić information content (AvgIpc) is 2.78. The molecule has 0 N–H and O–H groups in total. The second kappa shape index (κ2) is 4.25. The lowest BCUT2D eigenvalue weighted by atomic mass is 10.2. The van der Waals surface area contributed by atoms with E-state index in [1.807, 2.05) is 0 Å². The molecular formula is C10H5F6N3. The number of benzene rings is 1. The summed E-state index contributed by atoms with van der Waals surface area (Å²) in [6.07, 6.45) is -5.33. The molecule has 1 aromatic heterocycles. The fraction of sp³-hybridized carbons (Fsp3) is 0.200. The summed E-state index contributed by atoms with van der Waals surface area (Å²) in [4.78, 5) is 0. The molecule has 2 aromatic rings. The van der Waals surface area contributed by atoms with Gasteiger partial charge in [0.1, 0.15) is 11.5 Å². The summed E-state index contributed by atoms with van der Waals surface area (Å²) in [5.41, 5.74) is -0.0467. The zero-order chi connectivity index (χ0) is 14.3. The summed E-state index contributed by atoms with van der Waals surface area (Å²) in [7, 11) is 0. The predicted octanol–water partition coefficient (Wildman–Crippen LogP) is 3.20. The molecule has 0 radical (unpaired) electrons. The van der Waals surface area contributed by atoms with Crippen LogP contribution in [0.5, 0.6) is 0 Å². The van der Waals surface area contributed by atoms with Gasteiger partial charge in [-0.15, -0.1) is 5.10 Å². The molecule has 0 aliphatic carbocycles. The van der Waals surface area contributed by atoms with Crippen LogP contribution in [0.25, 0.3) is 11.3 Å². The van der Waals surface area contributed by atoms with Gasteiger partial charge in [-0.2, -0.15) is 26.6 Å². The van der Waals surface area contributed by atoms with Crippen LogP contribution in [0.4, 0.5) is 26.3 Å². The molecule has 0 fully saturated rings. The summed E-state index contributed by atoms with van der Waals surface area (Å²) in [5, 5.41) is 5.96. The van der Waals surface area contributed by atoms with Gasteiger partial charge >= 0.3 is 12.2 Å². The van der Waals surface area contributed by atoms with E-state index in [0.29, 0.717) is 6.20 Å². The Bertz CT molecular complexity index is 572. The van der Waals surface area contributed by atoms with Gasteiger partial charge in [-0.3, -0.25) is 0 Å². The highest BCUT2D eigenvalue weighted by Crippen LogP contribution is 2.39. The molecule has 102 valence electrons. The number of halogens is 6. The third-order valence-corrected chi connectivity index (χ3v) is 2.26. The van der Waals surface area contributed by atoms with E-state index in [1.54, 1.807) is 0 Å². The fourth-order valence-corrected chi connectivity index (χ4v) is 1.28. The van der Waals surface area contributed by atoms with Crippen molar-refractivity contribution in [3.63, 3.8) is 0 Å². The van der Waals surface area contributed by atoms with Crippen molar-refractivity contribution >= 4 is 0 Å². The van der Waals surface area contributed by atoms with Crippen molar-refractivity contribution in [1.29, 1.82) is 0 Å². The van der Waals surface area contributed by atoms with Gasteiger partial charge in [0.2, 0.25) is 0 Å². The standard InChI is InChI=1S/C10H5F6N3/c11-7-3-1-6(2-4-7)8-5-19(18-17-8)10(15,16)9(12,13)14/h1-5H. The van der Waals surface area contributed by atoms with Crippen LogP contribution in [0.15, 0.2) is 30.5 Å². The predicted molar refractivity (Wildman–Crippen MR) is 51.7 cm³/mol. The van der Waals surface area contributed by atoms with Gasteiger partial charge in [0.15, 0.2) is 0 Å². The lowest BCUT2D eigenvalue weighted by molar-refractivity contribution is -0.328. The topological polar surface area (TPSA) is 30.7 Å². The molecule has 0 spiro atoms. The fourth-order valence-electron chi connectivity index (χ4n) is 1.28. The summed E-state index contributed by atoms with van der Waals surface area (Å²) in [6, 6.07) is -0.727. The molecule has 0 saturated carbocycles. The van der Waals surface area contributed by atoms with Crippen molar-refractivity contribution in [3.05, 3.63) is 36.3 Å². The van der Waals surface area contributed by atoms with Crippen LogP contribution in [0.1, 0.15) is 0 Å². The Morgan fingerprint density at radius 1 is 0.947 bits per heavy atom. The Morgan fingerprint density at radius 3 is 2.05 bits per heavy atom. The first-order chi connectivity index (χ1) is 8.72. The second-order valence-electron chi connectivity index (χ2n) is 3.59. The molecule has 9 heteroatoms. The smallest absolute Gasteiger partial charge is 0.207 e. The van der Waals surface area contributed by atoms with Gasteiger partial charge in [-0.05, 0) is 24.3 Å². The SMILES string of the molecule is Fc1ccc(-c2cn(C(F)(F)C(F)(F)F)nn2)cc1. The number of hydrogen-bond acceptors (Lipinski definition) is 2. The highest BCUT2D eigenvalue weighted by Gasteiger charge is 2.60. The van der Waals surface area contributed by atoms with Gasteiger partial charge in [0.25, 0.3) is 0 Å². The number of nitrogens with zero attached hydrogens (tertiary/aromatic N) is 3. The second-order valence-corrected chi connectivity index (χ2v) is 3.59. The highest BCUT2D eigenvalue weighted by molar-refractivity contribution is 5.57. The van der Waals surface area contributed by atoms with E-state index in [4.69, 9.17) is 0 Å². The molecule has 0 amide bonds. The molecule has 0 aliphatic rings. The normalized spacial score (nSPS) is 12.7. The number of aromatic nitrogens is 3. The number of hydrogen-bond donors (Lipinski definition) is 0. The van der Waals surface area contributed by atoms with Crippen molar-refractivity contribution in [2.24, 2.45) is 0 Å². The van der Waals surface area contributed by atoms with Gasteiger partial charge in [-0.25, -0.2) is 4.39 Å². The molecule has 0 atom stereocenters. The van der Waals surface area contributed by atoms with E-state index in [1.165, 1.54) is 12.1 Å². The summed E-state index contributed by atoms with van der Waals surface area (Å²) in [5.74, 6) is -0.572. The minimum Gasteiger partial charge on any atom is -0.207 e. The van der Waals surface area contributed by atoms with Crippen molar-refractivity contribution in [3.8, 4) is 11.3 Å². The van der Waals surface area contributed by atoms with Crippen molar-refractivity contribution in [2.75, 3.05) is 0 Å². The Morgan fingerprint density at radius 2 is 1.53 bits per heavy atom. The Balaban J connectivity index is 2.37. The maximum atomic E-state index is 12.9. The van der Waals surface area contributed by atoms with Crippen LogP contribution < -0.4 is 0 Å². The molecule has 0 unspecified atom stereocenters.